The predicted molar refractivity (Wildman–Crippen MR) is 119 cm³/mol. The highest BCUT2D eigenvalue weighted by Gasteiger charge is 2.46. The second-order valence-electron chi connectivity index (χ2n) is 7.23. The van der Waals surface area contributed by atoms with Gasteiger partial charge in [-0.2, -0.15) is 0 Å². The second-order valence-corrected chi connectivity index (χ2v) is 7.23. The number of pyridine rings is 1. The Morgan fingerprint density at radius 1 is 1.10 bits per heavy atom. The quantitative estimate of drug-likeness (QED) is 0.379. The number of aliphatic hydroxyl groups is 1. The smallest absolute Gasteiger partial charge is 0.295 e. The van der Waals surface area contributed by atoms with Gasteiger partial charge in [0.05, 0.1) is 17.9 Å². The van der Waals surface area contributed by atoms with Crippen LogP contribution in [-0.2, 0) is 9.59 Å². The van der Waals surface area contributed by atoms with E-state index in [0.29, 0.717) is 36.7 Å². The van der Waals surface area contributed by atoms with Crippen LogP contribution in [0.5, 0.6) is 5.75 Å². The van der Waals surface area contributed by atoms with E-state index < -0.39 is 17.7 Å². The fraction of sp³-hybridized carbons (Fsp3) is 0.375. The number of nitrogens with zero attached hydrogens (tertiary/aromatic N) is 3. The zero-order chi connectivity index (χ0) is 22.4. The summed E-state index contributed by atoms with van der Waals surface area (Å²) < 4.78 is 5.45. The van der Waals surface area contributed by atoms with Crippen LogP contribution in [0.2, 0.25) is 0 Å². The van der Waals surface area contributed by atoms with Crippen molar-refractivity contribution in [2.45, 2.75) is 26.8 Å². The SMILES string of the molecule is CCOc1ccc(/C(O)=C2\C(=O)C(=O)N(CCN(CC)CC)[C@H]2c2ccccn2)cc1. The molecule has 1 atom stereocenters. The molecule has 0 saturated carbocycles. The molecule has 2 aromatic rings. The lowest BCUT2D eigenvalue weighted by Gasteiger charge is -2.27. The molecule has 1 aliphatic heterocycles. The summed E-state index contributed by atoms with van der Waals surface area (Å²) in [4.78, 5) is 34.0. The summed E-state index contributed by atoms with van der Waals surface area (Å²) in [6.07, 6.45) is 1.62. The zero-order valence-electron chi connectivity index (χ0n) is 18.2. The van der Waals surface area contributed by atoms with Crippen LogP contribution < -0.4 is 4.74 Å². The number of benzene rings is 1. The number of ether oxygens (including phenoxy) is 1. The topological polar surface area (TPSA) is 83.0 Å². The molecule has 2 heterocycles. The molecule has 1 aromatic heterocycles. The highest BCUT2D eigenvalue weighted by atomic mass is 16.5. The van der Waals surface area contributed by atoms with Gasteiger partial charge in [-0.25, -0.2) is 0 Å². The first-order chi connectivity index (χ1) is 15.0. The molecule has 31 heavy (non-hydrogen) atoms. The van der Waals surface area contributed by atoms with Crippen molar-refractivity contribution in [3.63, 3.8) is 0 Å². The number of aliphatic hydroxyl groups excluding tert-OH is 1. The highest BCUT2D eigenvalue weighted by molar-refractivity contribution is 6.46. The molecule has 1 aliphatic rings. The number of rotatable bonds is 9. The Bertz CT molecular complexity index is 937. The monoisotopic (exact) mass is 423 g/mol. The molecule has 3 rings (SSSR count). The van der Waals surface area contributed by atoms with Gasteiger partial charge in [0.15, 0.2) is 0 Å². The van der Waals surface area contributed by atoms with Gasteiger partial charge in [-0.15, -0.1) is 0 Å². The highest BCUT2D eigenvalue weighted by Crippen LogP contribution is 2.38. The van der Waals surface area contributed by atoms with E-state index >= 15 is 0 Å². The minimum atomic E-state index is -0.733. The molecule has 1 amide bonds. The van der Waals surface area contributed by atoms with Crippen molar-refractivity contribution in [1.82, 2.24) is 14.8 Å². The average molecular weight is 424 g/mol. The molecule has 0 spiro atoms. The van der Waals surface area contributed by atoms with E-state index in [2.05, 4.69) is 23.7 Å². The van der Waals surface area contributed by atoms with E-state index in [1.54, 1.807) is 42.6 Å². The molecule has 7 heteroatoms. The van der Waals surface area contributed by atoms with Crippen molar-refractivity contribution in [3.8, 4) is 5.75 Å². The number of likely N-dealkylation sites (N-methyl/N-ethyl adjacent to an activating group) is 1. The van der Waals surface area contributed by atoms with Gasteiger partial charge in [-0.3, -0.25) is 14.6 Å². The zero-order valence-corrected chi connectivity index (χ0v) is 18.2. The molecule has 0 radical (unpaired) electrons. The molecule has 0 aliphatic carbocycles. The van der Waals surface area contributed by atoms with Crippen LogP contribution in [0.3, 0.4) is 0 Å². The van der Waals surface area contributed by atoms with Crippen LogP contribution in [0.4, 0.5) is 0 Å². The number of carbonyl (C=O) groups is 2. The molecule has 1 N–H and O–H groups in total. The minimum absolute atomic E-state index is 0.0624. The minimum Gasteiger partial charge on any atom is -0.507 e. The van der Waals surface area contributed by atoms with Crippen molar-refractivity contribution in [2.24, 2.45) is 0 Å². The number of hydrogen-bond donors (Lipinski definition) is 1. The molecule has 164 valence electrons. The summed E-state index contributed by atoms with van der Waals surface area (Å²) in [6, 6.07) is 11.4. The van der Waals surface area contributed by atoms with Crippen molar-refractivity contribution >= 4 is 17.4 Å². The normalized spacial score (nSPS) is 18.1. The van der Waals surface area contributed by atoms with Crippen molar-refractivity contribution in [1.29, 1.82) is 0 Å². The fourth-order valence-corrected chi connectivity index (χ4v) is 3.78. The second kappa shape index (κ2) is 10.2. The largest absolute Gasteiger partial charge is 0.507 e. The molecule has 1 fully saturated rings. The lowest BCUT2D eigenvalue weighted by molar-refractivity contribution is -0.140. The fourth-order valence-electron chi connectivity index (χ4n) is 3.78. The summed E-state index contributed by atoms with van der Waals surface area (Å²) in [6.45, 7) is 9.23. The Balaban J connectivity index is 2.03. The van der Waals surface area contributed by atoms with Crippen LogP contribution in [0.1, 0.15) is 38.1 Å². The van der Waals surface area contributed by atoms with Crippen LogP contribution in [0, 0.1) is 0 Å². The first-order valence-corrected chi connectivity index (χ1v) is 10.7. The van der Waals surface area contributed by atoms with Crippen LogP contribution in [0.15, 0.2) is 54.2 Å². The van der Waals surface area contributed by atoms with E-state index in [9.17, 15) is 14.7 Å². The maximum Gasteiger partial charge on any atom is 0.295 e. The van der Waals surface area contributed by atoms with Crippen molar-refractivity contribution < 1.29 is 19.4 Å². The molecular weight excluding hydrogens is 394 g/mol. The first-order valence-electron chi connectivity index (χ1n) is 10.7. The summed E-state index contributed by atoms with van der Waals surface area (Å²) in [5.41, 5.74) is 1.06. The molecule has 0 bridgehead atoms. The lowest BCUT2D eigenvalue weighted by Crippen LogP contribution is -2.38. The van der Waals surface area contributed by atoms with Gasteiger partial charge in [-0.05, 0) is 56.4 Å². The summed E-state index contributed by atoms with van der Waals surface area (Å²) in [5, 5.41) is 11.0. The number of ketones is 1. The average Bonchev–Trinajstić information content (AvgIpc) is 3.05. The molecule has 7 nitrogen and oxygen atoms in total. The number of likely N-dealkylation sites (tertiary alicyclic amines) is 1. The van der Waals surface area contributed by atoms with Gasteiger partial charge in [0.2, 0.25) is 0 Å². The maximum absolute atomic E-state index is 13.0. The van der Waals surface area contributed by atoms with Crippen LogP contribution in [0.25, 0.3) is 5.76 Å². The van der Waals surface area contributed by atoms with E-state index in [-0.39, 0.29) is 11.3 Å². The lowest BCUT2D eigenvalue weighted by atomic mass is 9.98. The molecule has 0 unspecified atom stereocenters. The number of Topliss-reactive ketones (excluding diaryl/α,β-unsaturated/α-hetero) is 1. The number of aromatic nitrogens is 1. The third-order valence-electron chi connectivity index (χ3n) is 5.50. The number of carbonyl (C=O) groups excluding carboxylic acids is 2. The number of amides is 1. The van der Waals surface area contributed by atoms with Gasteiger partial charge in [-0.1, -0.05) is 19.9 Å². The number of hydrogen-bond acceptors (Lipinski definition) is 6. The maximum atomic E-state index is 13.0. The van der Waals surface area contributed by atoms with Crippen molar-refractivity contribution in [2.75, 3.05) is 32.8 Å². The Morgan fingerprint density at radius 3 is 2.39 bits per heavy atom. The molecule has 1 saturated heterocycles. The van der Waals surface area contributed by atoms with Gasteiger partial charge in [0, 0.05) is 24.8 Å². The van der Waals surface area contributed by atoms with Crippen molar-refractivity contribution in [3.05, 3.63) is 65.5 Å². The molecule has 1 aromatic carbocycles. The Morgan fingerprint density at radius 2 is 1.81 bits per heavy atom. The van der Waals surface area contributed by atoms with Gasteiger partial charge in [0.25, 0.3) is 11.7 Å². The van der Waals surface area contributed by atoms with E-state index in [1.807, 2.05) is 13.0 Å². The Labute approximate surface area is 183 Å². The van der Waals surface area contributed by atoms with E-state index in [1.165, 1.54) is 4.90 Å². The molecular formula is C24H29N3O4. The van der Waals surface area contributed by atoms with Crippen LogP contribution >= 0.6 is 0 Å². The van der Waals surface area contributed by atoms with E-state index in [0.717, 1.165) is 13.1 Å². The third kappa shape index (κ3) is 4.77. The summed E-state index contributed by atoms with van der Waals surface area (Å²) >= 11 is 0. The predicted octanol–water partition coefficient (Wildman–Crippen LogP) is 3.24. The van der Waals surface area contributed by atoms with Gasteiger partial charge < -0.3 is 19.6 Å². The standard InChI is InChI=1S/C24H29N3O4/c1-4-26(5-2)15-16-27-21(19-9-7-8-14-25-19)20(23(29)24(27)30)22(28)17-10-12-18(13-11-17)31-6-3/h7-14,21,28H,4-6,15-16H2,1-3H3/b22-20+/t21-/m0/s1. The third-order valence-corrected chi connectivity index (χ3v) is 5.50. The Hall–Kier alpha value is -3.19. The van der Waals surface area contributed by atoms with Gasteiger partial charge >= 0.3 is 0 Å². The Kier molecular flexibility index (Phi) is 7.41. The van der Waals surface area contributed by atoms with Gasteiger partial charge in [0.1, 0.15) is 17.6 Å². The summed E-state index contributed by atoms with van der Waals surface area (Å²) in [7, 11) is 0. The van der Waals surface area contributed by atoms with E-state index in [4.69, 9.17) is 4.74 Å². The van der Waals surface area contributed by atoms with Crippen LogP contribution in [-0.4, -0.2) is 64.4 Å². The summed E-state index contributed by atoms with van der Waals surface area (Å²) in [5.74, 6) is -0.848. The first kappa shape index (κ1) is 22.5.